The Hall–Kier alpha value is -1.39. The number of benzene rings is 1. The van der Waals surface area contributed by atoms with Gasteiger partial charge in [-0.1, -0.05) is 19.1 Å². The van der Waals surface area contributed by atoms with Crippen molar-refractivity contribution in [2.75, 3.05) is 18.0 Å². The Morgan fingerprint density at radius 3 is 2.60 bits per heavy atom. The summed E-state index contributed by atoms with van der Waals surface area (Å²) in [4.78, 5) is 13.5. The smallest absolute Gasteiger partial charge is 0.227 e. The van der Waals surface area contributed by atoms with Crippen LogP contribution < -0.4 is 10.2 Å². The first kappa shape index (κ1) is 15.0. The van der Waals surface area contributed by atoms with Gasteiger partial charge in [-0.3, -0.25) is 4.79 Å². The maximum atomic E-state index is 11.7. The summed E-state index contributed by atoms with van der Waals surface area (Å²) in [6.45, 7) is 5.48. The third kappa shape index (κ3) is 3.58. The van der Waals surface area contributed by atoms with Crippen LogP contribution in [-0.4, -0.2) is 30.2 Å². The minimum absolute atomic E-state index is 0.194. The largest absolute Gasteiger partial charge is 0.392 e. The molecular weight excluding hydrogens is 252 g/mol. The van der Waals surface area contributed by atoms with E-state index in [1.165, 1.54) is 5.56 Å². The van der Waals surface area contributed by atoms with Crippen LogP contribution >= 0.6 is 0 Å². The SMILES string of the molecule is CC[C@@H](O)CN[C@H](C)c1ccc(N2CCCC2=O)cc1. The molecule has 0 radical (unpaired) electrons. The van der Waals surface area contributed by atoms with Gasteiger partial charge in [0.2, 0.25) is 5.91 Å². The van der Waals surface area contributed by atoms with Gasteiger partial charge in [-0.05, 0) is 37.5 Å². The Morgan fingerprint density at radius 1 is 1.35 bits per heavy atom. The van der Waals surface area contributed by atoms with E-state index in [-0.39, 0.29) is 18.1 Å². The highest BCUT2D eigenvalue weighted by molar-refractivity contribution is 5.95. The van der Waals surface area contributed by atoms with Crippen LogP contribution in [0.1, 0.15) is 44.7 Å². The number of nitrogens with zero attached hydrogens (tertiary/aromatic N) is 1. The van der Waals surface area contributed by atoms with Crippen molar-refractivity contribution in [3.63, 3.8) is 0 Å². The number of aliphatic hydroxyl groups is 1. The Bertz CT molecular complexity index is 444. The Kier molecular flexibility index (Phi) is 5.15. The number of amides is 1. The van der Waals surface area contributed by atoms with E-state index in [2.05, 4.69) is 24.4 Å². The first-order valence-corrected chi connectivity index (χ1v) is 7.43. The lowest BCUT2D eigenvalue weighted by molar-refractivity contribution is -0.117. The first-order chi connectivity index (χ1) is 9.61. The van der Waals surface area contributed by atoms with Crippen LogP contribution in [0.2, 0.25) is 0 Å². The lowest BCUT2D eigenvalue weighted by atomic mass is 10.1. The van der Waals surface area contributed by atoms with Crippen molar-refractivity contribution in [3.8, 4) is 0 Å². The number of hydrogen-bond donors (Lipinski definition) is 2. The molecule has 0 bridgehead atoms. The van der Waals surface area contributed by atoms with Gasteiger partial charge in [0.1, 0.15) is 0 Å². The van der Waals surface area contributed by atoms with E-state index in [0.717, 1.165) is 25.1 Å². The molecule has 1 fully saturated rings. The van der Waals surface area contributed by atoms with Gasteiger partial charge in [-0.2, -0.15) is 0 Å². The molecule has 1 aliphatic rings. The highest BCUT2D eigenvalue weighted by atomic mass is 16.3. The molecule has 0 spiro atoms. The summed E-state index contributed by atoms with van der Waals surface area (Å²) in [7, 11) is 0. The van der Waals surface area contributed by atoms with E-state index >= 15 is 0 Å². The summed E-state index contributed by atoms with van der Waals surface area (Å²) in [5, 5.41) is 12.9. The molecule has 0 aromatic heterocycles. The molecule has 4 nitrogen and oxygen atoms in total. The molecule has 0 unspecified atom stereocenters. The molecule has 1 aromatic rings. The molecule has 20 heavy (non-hydrogen) atoms. The molecule has 1 amide bonds. The highest BCUT2D eigenvalue weighted by Crippen LogP contribution is 2.23. The lowest BCUT2D eigenvalue weighted by Gasteiger charge is -2.19. The summed E-state index contributed by atoms with van der Waals surface area (Å²) in [5.41, 5.74) is 2.15. The Morgan fingerprint density at radius 2 is 2.05 bits per heavy atom. The van der Waals surface area contributed by atoms with Crippen molar-refractivity contribution < 1.29 is 9.90 Å². The average Bonchev–Trinajstić information content (AvgIpc) is 2.90. The molecule has 2 rings (SSSR count). The van der Waals surface area contributed by atoms with Crippen molar-refractivity contribution in [2.45, 2.75) is 45.3 Å². The van der Waals surface area contributed by atoms with Gasteiger partial charge >= 0.3 is 0 Å². The molecule has 4 heteroatoms. The van der Waals surface area contributed by atoms with E-state index in [9.17, 15) is 9.90 Å². The number of nitrogens with one attached hydrogen (secondary N) is 1. The number of anilines is 1. The van der Waals surface area contributed by atoms with E-state index in [4.69, 9.17) is 0 Å². The summed E-state index contributed by atoms with van der Waals surface area (Å²) < 4.78 is 0. The third-order valence-corrected chi connectivity index (χ3v) is 3.91. The van der Waals surface area contributed by atoms with Crippen LogP contribution in [0.25, 0.3) is 0 Å². The van der Waals surface area contributed by atoms with Crippen LogP contribution in [0, 0.1) is 0 Å². The van der Waals surface area contributed by atoms with Crippen molar-refractivity contribution in [1.82, 2.24) is 5.32 Å². The second-order valence-corrected chi connectivity index (χ2v) is 5.43. The lowest BCUT2D eigenvalue weighted by Crippen LogP contribution is -2.28. The predicted octanol–water partition coefficient (Wildman–Crippen LogP) is 2.23. The fourth-order valence-corrected chi connectivity index (χ4v) is 2.44. The molecule has 1 aromatic carbocycles. The molecule has 1 saturated heterocycles. The van der Waals surface area contributed by atoms with Gasteiger partial charge in [0.25, 0.3) is 0 Å². The van der Waals surface area contributed by atoms with E-state index in [1.54, 1.807) is 0 Å². The average molecular weight is 276 g/mol. The second kappa shape index (κ2) is 6.86. The molecule has 2 N–H and O–H groups in total. The van der Waals surface area contributed by atoms with Gasteiger partial charge in [0.05, 0.1) is 6.10 Å². The normalized spacial score (nSPS) is 18.4. The van der Waals surface area contributed by atoms with E-state index in [1.807, 2.05) is 24.0 Å². The van der Waals surface area contributed by atoms with Crippen LogP contribution in [0.3, 0.4) is 0 Å². The summed E-state index contributed by atoms with van der Waals surface area (Å²) in [6.07, 6.45) is 2.08. The first-order valence-electron chi connectivity index (χ1n) is 7.43. The zero-order chi connectivity index (χ0) is 14.5. The zero-order valence-corrected chi connectivity index (χ0v) is 12.3. The minimum Gasteiger partial charge on any atom is -0.392 e. The number of aliphatic hydroxyl groups excluding tert-OH is 1. The van der Waals surface area contributed by atoms with Crippen molar-refractivity contribution in [2.24, 2.45) is 0 Å². The van der Waals surface area contributed by atoms with Crippen molar-refractivity contribution >= 4 is 11.6 Å². The summed E-state index contributed by atoms with van der Waals surface area (Å²) in [5.74, 6) is 0.218. The second-order valence-electron chi connectivity index (χ2n) is 5.43. The third-order valence-electron chi connectivity index (χ3n) is 3.91. The van der Waals surface area contributed by atoms with Gasteiger partial charge in [-0.15, -0.1) is 0 Å². The molecule has 2 atom stereocenters. The maximum absolute atomic E-state index is 11.7. The van der Waals surface area contributed by atoms with Gasteiger partial charge in [0.15, 0.2) is 0 Å². The van der Waals surface area contributed by atoms with Gasteiger partial charge in [0, 0.05) is 31.2 Å². The summed E-state index contributed by atoms with van der Waals surface area (Å²) in [6, 6.07) is 8.31. The van der Waals surface area contributed by atoms with Crippen LogP contribution in [0.4, 0.5) is 5.69 Å². The fraction of sp³-hybridized carbons (Fsp3) is 0.562. The fourth-order valence-electron chi connectivity index (χ4n) is 2.44. The van der Waals surface area contributed by atoms with E-state index in [0.29, 0.717) is 13.0 Å². The quantitative estimate of drug-likeness (QED) is 0.838. The Labute approximate surface area is 120 Å². The number of carbonyl (C=O) groups excluding carboxylic acids is 1. The Balaban J connectivity index is 1.95. The van der Waals surface area contributed by atoms with Crippen molar-refractivity contribution in [3.05, 3.63) is 29.8 Å². The van der Waals surface area contributed by atoms with Crippen LogP contribution in [0.5, 0.6) is 0 Å². The van der Waals surface area contributed by atoms with Gasteiger partial charge in [-0.25, -0.2) is 0 Å². The zero-order valence-electron chi connectivity index (χ0n) is 12.3. The highest BCUT2D eigenvalue weighted by Gasteiger charge is 2.21. The van der Waals surface area contributed by atoms with Crippen LogP contribution in [-0.2, 0) is 4.79 Å². The number of hydrogen-bond acceptors (Lipinski definition) is 3. The summed E-state index contributed by atoms with van der Waals surface area (Å²) >= 11 is 0. The molecule has 1 heterocycles. The monoisotopic (exact) mass is 276 g/mol. The molecule has 0 aliphatic carbocycles. The number of rotatable bonds is 6. The van der Waals surface area contributed by atoms with E-state index < -0.39 is 0 Å². The standard InChI is InChI=1S/C16H24N2O2/c1-3-15(19)11-17-12(2)13-6-8-14(9-7-13)18-10-4-5-16(18)20/h6-9,12,15,17,19H,3-5,10-11H2,1-2H3/t12-,15-/m1/s1. The van der Waals surface area contributed by atoms with Crippen LogP contribution in [0.15, 0.2) is 24.3 Å². The predicted molar refractivity (Wildman–Crippen MR) is 80.7 cm³/mol. The minimum atomic E-state index is -0.293. The molecular formula is C16H24N2O2. The van der Waals surface area contributed by atoms with Crippen molar-refractivity contribution in [1.29, 1.82) is 0 Å². The molecule has 110 valence electrons. The topological polar surface area (TPSA) is 52.6 Å². The molecule has 0 saturated carbocycles. The number of carbonyl (C=O) groups is 1. The maximum Gasteiger partial charge on any atom is 0.227 e. The molecule has 1 aliphatic heterocycles. The van der Waals surface area contributed by atoms with Gasteiger partial charge < -0.3 is 15.3 Å².